The summed E-state index contributed by atoms with van der Waals surface area (Å²) in [5, 5.41) is 21.6. The number of nitrogens with one attached hydrogen (secondary N) is 1. The molecule has 0 spiro atoms. The highest BCUT2D eigenvalue weighted by Gasteiger charge is 2.15. The third kappa shape index (κ3) is 3.13. The Morgan fingerprint density at radius 3 is 2.88 bits per heavy atom. The van der Waals surface area contributed by atoms with E-state index in [-0.39, 0.29) is 5.75 Å². The van der Waals surface area contributed by atoms with Crippen LogP contribution in [0, 0.1) is 23.7 Å². The molecule has 2 N–H and O–H groups in total. The fourth-order valence-electron chi connectivity index (χ4n) is 1.32. The molecule has 4 nitrogen and oxygen atoms in total. The summed E-state index contributed by atoms with van der Waals surface area (Å²) in [6.07, 6.45) is 5.12. The molecule has 0 aliphatic carbocycles. The number of benzene rings is 1. The quantitative estimate of drug-likeness (QED) is 0.833. The van der Waals surface area contributed by atoms with Gasteiger partial charge in [0.2, 0.25) is 0 Å². The Kier molecular flexibility index (Phi) is 4.84. The Morgan fingerprint density at radius 1 is 1.65 bits per heavy atom. The highest BCUT2D eigenvalue weighted by atomic mass is 79.9. The second kappa shape index (κ2) is 6.15. The van der Waals surface area contributed by atoms with Gasteiger partial charge in [0.25, 0.3) is 0 Å². The average Bonchev–Trinajstić information content (AvgIpc) is 2.34. The number of rotatable bonds is 4. The van der Waals surface area contributed by atoms with E-state index in [0.717, 1.165) is 0 Å². The molecule has 0 radical (unpaired) electrons. The average molecular weight is 295 g/mol. The minimum absolute atomic E-state index is 0.00453. The van der Waals surface area contributed by atoms with Gasteiger partial charge in [-0.1, -0.05) is 5.92 Å². The summed E-state index contributed by atoms with van der Waals surface area (Å²) in [7, 11) is 1.45. The highest BCUT2D eigenvalue weighted by molar-refractivity contribution is 9.10. The van der Waals surface area contributed by atoms with E-state index in [0.29, 0.717) is 22.3 Å². The van der Waals surface area contributed by atoms with Crippen molar-refractivity contribution in [3.05, 3.63) is 22.2 Å². The van der Waals surface area contributed by atoms with Crippen LogP contribution in [-0.4, -0.2) is 18.8 Å². The predicted octanol–water partition coefficient (Wildman–Crippen LogP) is 1.95. The number of aromatic hydroxyl groups is 1. The van der Waals surface area contributed by atoms with Crippen LogP contribution in [0.5, 0.6) is 11.5 Å². The molecule has 0 bridgehead atoms. The van der Waals surface area contributed by atoms with Crippen LogP contribution in [0.25, 0.3) is 0 Å². The molecule has 0 saturated heterocycles. The molecule has 1 aromatic rings. The lowest BCUT2D eigenvalue weighted by Gasteiger charge is -2.13. The van der Waals surface area contributed by atoms with E-state index in [2.05, 4.69) is 33.2 Å². The van der Waals surface area contributed by atoms with Crippen molar-refractivity contribution < 1.29 is 9.84 Å². The molecular weight excluding hydrogens is 284 g/mol. The minimum Gasteiger partial charge on any atom is -0.503 e. The van der Waals surface area contributed by atoms with Crippen LogP contribution < -0.4 is 10.1 Å². The van der Waals surface area contributed by atoms with Gasteiger partial charge in [0.15, 0.2) is 11.5 Å². The van der Waals surface area contributed by atoms with Gasteiger partial charge in [-0.05, 0) is 33.6 Å². The van der Waals surface area contributed by atoms with E-state index in [1.807, 2.05) is 0 Å². The van der Waals surface area contributed by atoms with Crippen molar-refractivity contribution in [2.75, 3.05) is 13.7 Å². The Labute approximate surface area is 108 Å². The second-order valence-corrected chi connectivity index (χ2v) is 4.06. The number of nitrogens with zero attached hydrogens (tertiary/aromatic N) is 1. The van der Waals surface area contributed by atoms with Crippen LogP contribution in [0.15, 0.2) is 16.6 Å². The standard InChI is InChI=1S/C12H11BrN2O2/c1-3-4-15-10(7-14)8-5-9(13)12(16)11(6-8)17-2/h1,5-6,10,15-16H,4H2,2H3. The summed E-state index contributed by atoms with van der Waals surface area (Å²) in [6, 6.07) is 4.78. The largest absolute Gasteiger partial charge is 0.503 e. The molecule has 0 fully saturated rings. The molecule has 0 aromatic heterocycles. The van der Waals surface area contributed by atoms with Crippen molar-refractivity contribution in [3.8, 4) is 29.9 Å². The Bertz CT molecular complexity index is 489. The van der Waals surface area contributed by atoms with E-state index in [1.165, 1.54) is 7.11 Å². The van der Waals surface area contributed by atoms with Crippen molar-refractivity contribution in [2.45, 2.75) is 6.04 Å². The van der Waals surface area contributed by atoms with Crippen LogP contribution in [0.1, 0.15) is 11.6 Å². The molecule has 0 amide bonds. The van der Waals surface area contributed by atoms with Crippen molar-refractivity contribution >= 4 is 15.9 Å². The van der Waals surface area contributed by atoms with Gasteiger partial charge in [-0.15, -0.1) is 6.42 Å². The summed E-state index contributed by atoms with van der Waals surface area (Å²) < 4.78 is 5.48. The number of methoxy groups -OCH3 is 1. The lowest BCUT2D eigenvalue weighted by atomic mass is 10.1. The van der Waals surface area contributed by atoms with Crippen molar-refractivity contribution in [3.63, 3.8) is 0 Å². The predicted molar refractivity (Wildman–Crippen MR) is 67.5 cm³/mol. The van der Waals surface area contributed by atoms with Gasteiger partial charge in [0.05, 0.1) is 24.2 Å². The zero-order chi connectivity index (χ0) is 12.8. The molecule has 17 heavy (non-hydrogen) atoms. The first-order valence-corrected chi connectivity index (χ1v) is 5.56. The van der Waals surface area contributed by atoms with Crippen LogP contribution in [0.3, 0.4) is 0 Å². The number of phenolic OH excluding ortho intramolecular Hbond substituents is 1. The summed E-state index contributed by atoms with van der Waals surface area (Å²) in [4.78, 5) is 0. The first-order valence-electron chi connectivity index (χ1n) is 4.77. The normalized spacial score (nSPS) is 11.3. The molecule has 5 heteroatoms. The molecule has 1 atom stereocenters. The van der Waals surface area contributed by atoms with E-state index >= 15 is 0 Å². The molecule has 0 heterocycles. The monoisotopic (exact) mass is 294 g/mol. The third-order valence-corrected chi connectivity index (χ3v) is 2.75. The van der Waals surface area contributed by atoms with Crippen molar-refractivity contribution in [1.82, 2.24) is 5.32 Å². The summed E-state index contributed by atoms with van der Waals surface area (Å²) >= 11 is 3.20. The highest BCUT2D eigenvalue weighted by Crippen LogP contribution is 2.36. The van der Waals surface area contributed by atoms with Gasteiger partial charge in [-0.25, -0.2) is 0 Å². The first kappa shape index (κ1) is 13.4. The number of hydrogen-bond donors (Lipinski definition) is 2. The molecule has 1 unspecified atom stereocenters. The smallest absolute Gasteiger partial charge is 0.172 e. The zero-order valence-corrected chi connectivity index (χ0v) is 10.8. The second-order valence-electron chi connectivity index (χ2n) is 3.20. The fourth-order valence-corrected chi connectivity index (χ4v) is 1.77. The minimum atomic E-state index is -0.545. The molecule has 0 aliphatic heterocycles. The van der Waals surface area contributed by atoms with Gasteiger partial charge < -0.3 is 9.84 Å². The van der Waals surface area contributed by atoms with Crippen LogP contribution in [-0.2, 0) is 0 Å². The maximum absolute atomic E-state index is 9.65. The Hall–Kier alpha value is -1.69. The molecule has 0 saturated carbocycles. The van der Waals surface area contributed by atoms with E-state index < -0.39 is 6.04 Å². The SMILES string of the molecule is C#CCNC(C#N)c1cc(Br)c(O)c(OC)c1. The van der Waals surface area contributed by atoms with Crippen LogP contribution in [0.4, 0.5) is 0 Å². The summed E-state index contributed by atoms with van der Waals surface area (Å²) in [5.41, 5.74) is 0.671. The van der Waals surface area contributed by atoms with Gasteiger partial charge in [0, 0.05) is 0 Å². The van der Waals surface area contributed by atoms with Crippen molar-refractivity contribution in [2.24, 2.45) is 0 Å². The molecule has 1 rings (SSSR count). The molecule has 88 valence electrons. The molecular formula is C12H11BrN2O2. The number of ether oxygens (including phenoxy) is 1. The number of hydrogen-bond acceptors (Lipinski definition) is 4. The number of halogens is 1. The van der Waals surface area contributed by atoms with Gasteiger partial charge in [-0.3, -0.25) is 5.32 Å². The molecule has 1 aromatic carbocycles. The van der Waals surface area contributed by atoms with Gasteiger partial charge in [0.1, 0.15) is 6.04 Å². The fraction of sp³-hybridized carbons (Fsp3) is 0.250. The third-order valence-electron chi connectivity index (χ3n) is 2.14. The maximum atomic E-state index is 9.65. The van der Waals surface area contributed by atoms with Crippen molar-refractivity contribution in [1.29, 1.82) is 5.26 Å². The number of phenols is 1. The summed E-state index contributed by atoms with van der Waals surface area (Å²) in [5.74, 6) is 2.71. The van der Waals surface area contributed by atoms with Crippen LogP contribution in [0.2, 0.25) is 0 Å². The maximum Gasteiger partial charge on any atom is 0.172 e. The first-order chi connectivity index (χ1) is 8.13. The summed E-state index contributed by atoms with van der Waals surface area (Å²) in [6.45, 7) is 0.291. The lowest BCUT2D eigenvalue weighted by molar-refractivity contribution is 0.371. The van der Waals surface area contributed by atoms with E-state index in [9.17, 15) is 5.11 Å². The molecule has 0 aliphatic rings. The number of terminal acetylenes is 1. The van der Waals surface area contributed by atoms with Gasteiger partial charge >= 0.3 is 0 Å². The Morgan fingerprint density at radius 2 is 2.35 bits per heavy atom. The zero-order valence-electron chi connectivity index (χ0n) is 9.20. The number of nitriles is 1. The Balaban J connectivity index is 3.09. The lowest BCUT2D eigenvalue weighted by Crippen LogP contribution is -2.20. The van der Waals surface area contributed by atoms with E-state index in [4.69, 9.17) is 16.4 Å². The topological polar surface area (TPSA) is 65.3 Å². The van der Waals surface area contributed by atoms with Gasteiger partial charge in [-0.2, -0.15) is 5.26 Å². The van der Waals surface area contributed by atoms with E-state index in [1.54, 1.807) is 12.1 Å². The van der Waals surface area contributed by atoms with Crippen LogP contribution >= 0.6 is 15.9 Å².